The van der Waals surface area contributed by atoms with Gasteiger partial charge in [-0.3, -0.25) is 19.5 Å². The van der Waals surface area contributed by atoms with E-state index in [0.717, 1.165) is 34.4 Å². The summed E-state index contributed by atoms with van der Waals surface area (Å²) >= 11 is 13.6. The van der Waals surface area contributed by atoms with Crippen LogP contribution in [0.3, 0.4) is 0 Å². The number of hydrogen-bond acceptors (Lipinski definition) is 7. The van der Waals surface area contributed by atoms with Crippen LogP contribution in [0.1, 0.15) is 40.3 Å². The summed E-state index contributed by atoms with van der Waals surface area (Å²) in [6.45, 7) is 0.218. The van der Waals surface area contributed by atoms with Crippen molar-refractivity contribution in [3.63, 3.8) is 0 Å². The van der Waals surface area contributed by atoms with Crippen LogP contribution in [-0.2, 0) is 13.0 Å². The lowest BCUT2D eigenvalue weighted by Crippen LogP contribution is -2.38. The fourth-order valence-corrected chi connectivity index (χ4v) is 7.43. The minimum absolute atomic E-state index is 0.0253. The normalized spacial score (nSPS) is 15.5. The van der Waals surface area contributed by atoms with E-state index in [4.69, 9.17) is 37.7 Å². The molecule has 1 aliphatic carbocycles. The maximum Gasteiger partial charge on any atom is 0.271 e. The zero-order chi connectivity index (χ0) is 31.9. The number of allylic oxidation sites excluding steroid dienone is 1. The summed E-state index contributed by atoms with van der Waals surface area (Å²) in [5.74, 6) is 1.01. The van der Waals surface area contributed by atoms with Gasteiger partial charge in [-0.1, -0.05) is 83.1 Å². The van der Waals surface area contributed by atoms with E-state index in [1.165, 1.54) is 23.0 Å². The topological polar surface area (TPSA) is 96.0 Å². The monoisotopic (exact) mass is 669 g/mol. The Bertz CT molecular complexity index is 2260. The highest BCUT2D eigenvalue weighted by atomic mass is 35.5. The minimum Gasteiger partial charge on any atom is -0.493 e. The first-order valence-electron chi connectivity index (χ1n) is 14.4. The number of nitro benzene ring substituents is 1. The number of nitrogens with zero attached hydrogens (tertiary/aromatic N) is 3. The predicted molar refractivity (Wildman–Crippen MR) is 180 cm³/mol. The Labute approximate surface area is 277 Å². The Morgan fingerprint density at radius 3 is 2.67 bits per heavy atom. The Kier molecular flexibility index (Phi) is 7.98. The molecule has 11 heteroatoms. The number of non-ortho nitro benzene ring substituents is 1. The van der Waals surface area contributed by atoms with E-state index in [2.05, 4.69) is 6.07 Å². The number of benzene rings is 4. The van der Waals surface area contributed by atoms with Gasteiger partial charge in [0.15, 0.2) is 16.3 Å². The molecule has 2 aliphatic rings. The quantitative estimate of drug-likeness (QED) is 0.136. The molecule has 0 radical (unpaired) electrons. The smallest absolute Gasteiger partial charge is 0.271 e. The van der Waals surface area contributed by atoms with Gasteiger partial charge in [-0.2, -0.15) is 0 Å². The third-order valence-electron chi connectivity index (χ3n) is 8.15. The molecular formula is C35H25Cl2N3O5S. The summed E-state index contributed by atoms with van der Waals surface area (Å²) in [4.78, 5) is 31.0. The fraction of sp³-hybridized carbons (Fsp3) is 0.143. The molecular weight excluding hydrogens is 645 g/mol. The third-order valence-corrected chi connectivity index (χ3v) is 9.72. The van der Waals surface area contributed by atoms with Crippen molar-refractivity contribution in [2.24, 2.45) is 4.99 Å². The van der Waals surface area contributed by atoms with Crippen LogP contribution in [0.25, 0.3) is 11.8 Å². The van der Waals surface area contributed by atoms with Crippen LogP contribution in [0.15, 0.2) is 100 Å². The van der Waals surface area contributed by atoms with Gasteiger partial charge in [-0.25, -0.2) is 4.99 Å². The second-order valence-electron chi connectivity index (χ2n) is 10.9. The van der Waals surface area contributed by atoms with Crippen molar-refractivity contribution in [3.05, 3.63) is 158 Å². The molecule has 2 heterocycles. The van der Waals surface area contributed by atoms with E-state index >= 15 is 0 Å². The number of thiazole rings is 1. The van der Waals surface area contributed by atoms with Crippen molar-refractivity contribution in [2.45, 2.75) is 25.5 Å². The van der Waals surface area contributed by atoms with E-state index < -0.39 is 11.0 Å². The summed E-state index contributed by atoms with van der Waals surface area (Å²) < 4.78 is 13.8. The van der Waals surface area contributed by atoms with Gasteiger partial charge in [0, 0.05) is 33.3 Å². The number of ether oxygens (including phenoxy) is 2. The van der Waals surface area contributed by atoms with Gasteiger partial charge in [0.25, 0.3) is 11.2 Å². The first kappa shape index (κ1) is 30.0. The van der Waals surface area contributed by atoms with Gasteiger partial charge in [-0.05, 0) is 65.4 Å². The summed E-state index contributed by atoms with van der Waals surface area (Å²) in [6, 6.07) is 24.8. The molecule has 0 unspecified atom stereocenters. The van der Waals surface area contributed by atoms with Crippen molar-refractivity contribution in [3.8, 4) is 11.5 Å². The van der Waals surface area contributed by atoms with Gasteiger partial charge in [0.2, 0.25) is 0 Å². The summed E-state index contributed by atoms with van der Waals surface area (Å²) in [7, 11) is 1.55. The fourth-order valence-electron chi connectivity index (χ4n) is 5.97. The van der Waals surface area contributed by atoms with Gasteiger partial charge in [-0.15, -0.1) is 0 Å². The number of nitro groups is 1. The Morgan fingerprint density at radius 1 is 1.02 bits per heavy atom. The number of rotatable bonds is 7. The van der Waals surface area contributed by atoms with E-state index in [-0.39, 0.29) is 17.9 Å². The second-order valence-corrected chi connectivity index (χ2v) is 12.8. The molecule has 4 aromatic carbocycles. The molecule has 1 aliphatic heterocycles. The molecule has 5 aromatic rings. The standard InChI is InChI=1S/C35H25Cl2N3O5S/c1-44-30-15-20(9-14-29(30)45-19-23-10-12-24(36)18-28(23)37)16-31-34(41)39-33(22-6-4-7-25(17-22)40(42)43)27-13-11-21-5-2-3-8-26(21)32(27)38-35(39)46-31/h2-10,12,14-18,33H,11,13,19H2,1H3/b31-16+/t33-/m0/s1. The SMILES string of the molecule is COc1cc(/C=c2/sc3n(c2=O)[C@@H](c2cccc([N+](=O)[O-])c2)C2=C(N=3)c3ccccc3CC2)ccc1OCc1ccc(Cl)cc1Cl. The molecule has 230 valence electrons. The molecule has 0 amide bonds. The van der Waals surface area contributed by atoms with Gasteiger partial charge >= 0.3 is 0 Å². The average molecular weight is 671 g/mol. The van der Waals surface area contributed by atoms with E-state index in [1.807, 2.05) is 36.4 Å². The maximum absolute atomic E-state index is 14.1. The molecule has 1 atom stereocenters. The van der Waals surface area contributed by atoms with Crippen molar-refractivity contribution < 1.29 is 14.4 Å². The van der Waals surface area contributed by atoms with Crippen LogP contribution >= 0.6 is 34.5 Å². The van der Waals surface area contributed by atoms with Gasteiger partial charge in [0.05, 0.1) is 28.3 Å². The molecule has 0 fully saturated rings. The van der Waals surface area contributed by atoms with Crippen molar-refractivity contribution in [1.29, 1.82) is 0 Å². The van der Waals surface area contributed by atoms with Crippen molar-refractivity contribution in [1.82, 2.24) is 4.57 Å². The number of fused-ring (bicyclic) bond motifs is 3. The molecule has 0 spiro atoms. The number of halogens is 2. The van der Waals surface area contributed by atoms with Crippen LogP contribution in [0.2, 0.25) is 10.0 Å². The highest BCUT2D eigenvalue weighted by Crippen LogP contribution is 2.41. The van der Waals surface area contributed by atoms with Crippen LogP contribution < -0.4 is 24.4 Å². The lowest BCUT2D eigenvalue weighted by Gasteiger charge is -2.30. The average Bonchev–Trinajstić information content (AvgIpc) is 3.37. The lowest BCUT2D eigenvalue weighted by atomic mass is 9.83. The minimum atomic E-state index is -0.522. The Balaban J connectivity index is 1.31. The summed E-state index contributed by atoms with van der Waals surface area (Å²) in [5.41, 5.74) is 5.96. The Hall–Kier alpha value is -4.70. The molecule has 8 nitrogen and oxygen atoms in total. The molecule has 46 heavy (non-hydrogen) atoms. The van der Waals surface area contributed by atoms with Crippen LogP contribution in [-0.4, -0.2) is 16.6 Å². The zero-order valence-corrected chi connectivity index (χ0v) is 26.7. The molecule has 0 bridgehead atoms. The Morgan fingerprint density at radius 2 is 1.87 bits per heavy atom. The number of aromatic nitrogens is 1. The van der Waals surface area contributed by atoms with Gasteiger partial charge in [0.1, 0.15) is 6.61 Å². The van der Waals surface area contributed by atoms with Crippen molar-refractivity contribution >= 4 is 52.0 Å². The number of methoxy groups -OCH3 is 1. The second kappa shape index (κ2) is 12.2. The van der Waals surface area contributed by atoms with Crippen LogP contribution in [0.4, 0.5) is 5.69 Å². The number of hydrogen-bond donors (Lipinski definition) is 0. The van der Waals surface area contributed by atoms with E-state index in [9.17, 15) is 14.9 Å². The van der Waals surface area contributed by atoms with Crippen LogP contribution in [0, 0.1) is 10.1 Å². The number of aryl methyl sites for hydroxylation is 1. The highest BCUT2D eigenvalue weighted by molar-refractivity contribution is 7.07. The highest BCUT2D eigenvalue weighted by Gasteiger charge is 2.33. The summed E-state index contributed by atoms with van der Waals surface area (Å²) in [6.07, 6.45) is 3.28. The molecule has 7 rings (SSSR count). The van der Waals surface area contributed by atoms with Crippen LogP contribution in [0.5, 0.6) is 11.5 Å². The predicted octanol–water partition coefficient (Wildman–Crippen LogP) is 7.12. The molecule has 0 N–H and O–H groups in total. The summed E-state index contributed by atoms with van der Waals surface area (Å²) in [5, 5.41) is 12.7. The maximum atomic E-state index is 14.1. The largest absolute Gasteiger partial charge is 0.493 e. The van der Waals surface area contributed by atoms with E-state index in [1.54, 1.807) is 54.2 Å². The zero-order valence-electron chi connectivity index (χ0n) is 24.4. The first-order valence-corrected chi connectivity index (χ1v) is 16.0. The molecule has 0 saturated heterocycles. The first-order chi connectivity index (χ1) is 22.3. The lowest BCUT2D eigenvalue weighted by molar-refractivity contribution is -0.384. The molecule has 0 saturated carbocycles. The third kappa shape index (κ3) is 5.51. The molecule has 1 aromatic heterocycles. The van der Waals surface area contributed by atoms with E-state index in [0.29, 0.717) is 42.9 Å². The van der Waals surface area contributed by atoms with Crippen molar-refractivity contribution in [2.75, 3.05) is 7.11 Å². The van der Waals surface area contributed by atoms with Gasteiger partial charge < -0.3 is 9.47 Å².